The second-order valence-corrected chi connectivity index (χ2v) is 8.11. The van der Waals surface area contributed by atoms with E-state index in [-0.39, 0.29) is 11.7 Å². The molecule has 4 aromatic rings. The summed E-state index contributed by atoms with van der Waals surface area (Å²) >= 11 is 1.38. The number of amides is 1. The lowest BCUT2D eigenvalue weighted by molar-refractivity contribution is -0.113. The largest absolute Gasteiger partial charge is 0.325 e. The number of nitrogens with one attached hydrogen (secondary N) is 1. The molecule has 2 aromatic heterocycles. The number of anilines is 1. The Bertz CT molecular complexity index is 1210. The van der Waals surface area contributed by atoms with E-state index < -0.39 is 0 Å². The molecule has 0 unspecified atom stereocenters. The summed E-state index contributed by atoms with van der Waals surface area (Å²) in [7, 11) is 0. The fourth-order valence-corrected chi connectivity index (χ4v) is 4.39. The molecule has 2 aromatic carbocycles. The topological polar surface area (TPSA) is 72.2 Å². The van der Waals surface area contributed by atoms with Gasteiger partial charge in [0.15, 0.2) is 5.65 Å². The molecular weight excluding hydrogens is 382 g/mol. The van der Waals surface area contributed by atoms with E-state index in [1.165, 1.54) is 17.3 Å². The van der Waals surface area contributed by atoms with Crippen molar-refractivity contribution in [3.63, 3.8) is 0 Å². The molecule has 148 valence electrons. The van der Waals surface area contributed by atoms with Crippen molar-refractivity contribution in [3.05, 3.63) is 58.9 Å². The number of aromatic nitrogens is 4. The van der Waals surface area contributed by atoms with Crippen molar-refractivity contribution in [2.45, 2.75) is 39.1 Å². The Morgan fingerprint density at radius 2 is 1.83 bits per heavy atom. The average molecular weight is 406 g/mol. The van der Waals surface area contributed by atoms with Crippen LogP contribution in [0.1, 0.15) is 29.4 Å². The van der Waals surface area contributed by atoms with Crippen LogP contribution in [0.25, 0.3) is 16.7 Å². The van der Waals surface area contributed by atoms with E-state index >= 15 is 0 Å². The fraction of sp³-hybridized carbons (Fsp3) is 0.273. The number of benzene rings is 2. The third-order valence-electron chi connectivity index (χ3n) is 4.86. The van der Waals surface area contributed by atoms with Crippen molar-refractivity contribution >= 4 is 40.0 Å². The number of fused-ring (bicyclic) bond motifs is 3. The number of hydrogen-bond donors (Lipinski definition) is 1. The summed E-state index contributed by atoms with van der Waals surface area (Å²) in [6.07, 6.45) is 0.770. The highest BCUT2D eigenvalue weighted by Gasteiger charge is 2.16. The standard InChI is InChI=1S/C22H23N5OS/c1-5-18-25-26-21-22(23-16-8-6-7-9-17(16)27(18)21)29-12-19(28)24-20-14(3)10-13(2)11-15(20)4/h6-11H,5,12H2,1-4H3,(H,24,28). The second-order valence-electron chi connectivity index (χ2n) is 7.15. The van der Waals surface area contributed by atoms with Gasteiger partial charge in [0.1, 0.15) is 10.9 Å². The van der Waals surface area contributed by atoms with Crippen molar-refractivity contribution in [3.8, 4) is 0 Å². The van der Waals surface area contributed by atoms with Gasteiger partial charge < -0.3 is 5.32 Å². The molecule has 1 amide bonds. The van der Waals surface area contributed by atoms with Gasteiger partial charge in [0.2, 0.25) is 5.91 Å². The van der Waals surface area contributed by atoms with E-state index in [2.05, 4.69) is 41.5 Å². The molecule has 1 N–H and O–H groups in total. The highest BCUT2D eigenvalue weighted by Crippen LogP contribution is 2.27. The summed E-state index contributed by atoms with van der Waals surface area (Å²) < 4.78 is 2.04. The molecule has 7 heteroatoms. The summed E-state index contributed by atoms with van der Waals surface area (Å²) in [5, 5.41) is 12.4. The van der Waals surface area contributed by atoms with Crippen LogP contribution in [0.4, 0.5) is 5.69 Å². The number of para-hydroxylation sites is 2. The lowest BCUT2D eigenvalue weighted by atomic mass is 10.1. The van der Waals surface area contributed by atoms with Crippen LogP contribution < -0.4 is 5.32 Å². The molecule has 4 rings (SSSR count). The summed E-state index contributed by atoms with van der Waals surface area (Å²) in [6, 6.07) is 12.1. The molecule has 0 bridgehead atoms. The van der Waals surface area contributed by atoms with Crippen LogP contribution in [0, 0.1) is 20.8 Å². The van der Waals surface area contributed by atoms with E-state index in [9.17, 15) is 4.79 Å². The molecule has 6 nitrogen and oxygen atoms in total. The normalized spacial score (nSPS) is 11.3. The predicted molar refractivity (Wildman–Crippen MR) is 118 cm³/mol. The van der Waals surface area contributed by atoms with Gasteiger partial charge >= 0.3 is 0 Å². The maximum atomic E-state index is 12.6. The van der Waals surface area contributed by atoms with Crippen molar-refractivity contribution < 1.29 is 4.79 Å². The number of aryl methyl sites for hydroxylation is 4. The molecule has 0 fully saturated rings. The van der Waals surface area contributed by atoms with Gasteiger partial charge in [-0.25, -0.2) is 4.98 Å². The molecular formula is C22H23N5OS. The molecule has 0 saturated carbocycles. The Morgan fingerprint density at radius 3 is 2.55 bits per heavy atom. The molecule has 0 aliphatic rings. The zero-order valence-corrected chi connectivity index (χ0v) is 17.8. The Morgan fingerprint density at radius 1 is 1.10 bits per heavy atom. The Hall–Kier alpha value is -2.93. The lowest BCUT2D eigenvalue weighted by Gasteiger charge is -2.13. The molecule has 0 aliphatic carbocycles. The van der Waals surface area contributed by atoms with Crippen molar-refractivity contribution in [1.29, 1.82) is 0 Å². The maximum Gasteiger partial charge on any atom is 0.234 e. The SMILES string of the molecule is CCc1nnc2c(SCC(=O)Nc3c(C)cc(C)cc3C)nc3ccccc3n12. The zero-order valence-electron chi connectivity index (χ0n) is 17.0. The highest BCUT2D eigenvalue weighted by atomic mass is 32.2. The summed E-state index contributed by atoms with van der Waals surface area (Å²) in [6.45, 7) is 8.14. The number of carbonyl (C=O) groups is 1. The number of nitrogens with zero attached hydrogens (tertiary/aromatic N) is 4. The molecule has 0 aliphatic heterocycles. The van der Waals surface area contributed by atoms with Gasteiger partial charge in [-0.2, -0.15) is 0 Å². The highest BCUT2D eigenvalue weighted by molar-refractivity contribution is 8.00. The molecule has 29 heavy (non-hydrogen) atoms. The molecule has 0 atom stereocenters. The fourth-order valence-electron chi connectivity index (χ4n) is 3.63. The third kappa shape index (κ3) is 3.70. The predicted octanol–water partition coefficient (Wildman–Crippen LogP) is 4.50. The number of carbonyl (C=O) groups excluding carboxylic acids is 1. The van der Waals surface area contributed by atoms with Crippen LogP contribution in [0.2, 0.25) is 0 Å². The molecule has 2 heterocycles. The van der Waals surface area contributed by atoms with Crippen molar-refractivity contribution in [2.24, 2.45) is 0 Å². The summed E-state index contributed by atoms with van der Waals surface area (Å²) in [5.74, 6) is 1.08. The first kappa shape index (κ1) is 19.4. The number of thioether (sulfide) groups is 1. The Labute approximate surface area is 173 Å². The minimum Gasteiger partial charge on any atom is -0.325 e. The maximum absolute atomic E-state index is 12.6. The van der Waals surface area contributed by atoms with Crippen LogP contribution in [0.5, 0.6) is 0 Å². The first-order valence-electron chi connectivity index (χ1n) is 9.61. The van der Waals surface area contributed by atoms with Gasteiger partial charge in [0, 0.05) is 12.1 Å². The van der Waals surface area contributed by atoms with Crippen LogP contribution in [0.15, 0.2) is 41.4 Å². The van der Waals surface area contributed by atoms with Gasteiger partial charge in [0.05, 0.1) is 16.8 Å². The lowest BCUT2D eigenvalue weighted by Crippen LogP contribution is -2.16. The number of hydrogen-bond acceptors (Lipinski definition) is 5. The van der Waals surface area contributed by atoms with E-state index in [0.717, 1.165) is 40.1 Å². The van der Waals surface area contributed by atoms with Crippen LogP contribution in [0.3, 0.4) is 0 Å². The minimum atomic E-state index is -0.0617. The zero-order chi connectivity index (χ0) is 20.5. The van der Waals surface area contributed by atoms with E-state index in [1.54, 1.807) is 0 Å². The van der Waals surface area contributed by atoms with Crippen molar-refractivity contribution in [1.82, 2.24) is 19.6 Å². The third-order valence-corrected chi connectivity index (χ3v) is 5.82. The molecule has 0 spiro atoms. The smallest absolute Gasteiger partial charge is 0.234 e. The molecule has 0 radical (unpaired) electrons. The average Bonchev–Trinajstić information content (AvgIpc) is 3.13. The Kier molecular flexibility index (Phi) is 5.24. The molecule has 0 saturated heterocycles. The van der Waals surface area contributed by atoms with Crippen LogP contribution >= 0.6 is 11.8 Å². The minimum absolute atomic E-state index is 0.0617. The van der Waals surface area contributed by atoms with E-state index in [4.69, 9.17) is 4.98 Å². The first-order chi connectivity index (χ1) is 14.0. The number of rotatable bonds is 5. The first-order valence-corrected chi connectivity index (χ1v) is 10.6. The van der Waals surface area contributed by atoms with Gasteiger partial charge in [-0.05, 0) is 44.0 Å². The van der Waals surface area contributed by atoms with Crippen LogP contribution in [-0.2, 0) is 11.2 Å². The summed E-state index contributed by atoms with van der Waals surface area (Å²) in [5.41, 5.74) is 6.74. The van der Waals surface area contributed by atoms with Gasteiger partial charge in [0.25, 0.3) is 0 Å². The van der Waals surface area contributed by atoms with Gasteiger partial charge in [-0.3, -0.25) is 9.20 Å². The van der Waals surface area contributed by atoms with E-state index in [0.29, 0.717) is 10.7 Å². The van der Waals surface area contributed by atoms with Gasteiger partial charge in [-0.15, -0.1) is 10.2 Å². The quantitative estimate of drug-likeness (QED) is 0.495. The monoisotopic (exact) mass is 405 g/mol. The summed E-state index contributed by atoms with van der Waals surface area (Å²) in [4.78, 5) is 17.4. The van der Waals surface area contributed by atoms with E-state index in [1.807, 2.05) is 42.5 Å². The van der Waals surface area contributed by atoms with Gasteiger partial charge in [-0.1, -0.05) is 48.5 Å². The Balaban J connectivity index is 1.61. The second kappa shape index (κ2) is 7.83. The van der Waals surface area contributed by atoms with Crippen LogP contribution in [-0.4, -0.2) is 31.2 Å². The van der Waals surface area contributed by atoms with Crippen molar-refractivity contribution in [2.75, 3.05) is 11.1 Å².